The number of hydrogen-bond donors (Lipinski definition) is 2. The number of aliphatic carboxylic acids is 1. The van der Waals surface area contributed by atoms with Crippen LogP contribution in [0, 0.1) is 0 Å². The van der Waals surface area contributed by atoms with Crippen LogP contribution in [0.1, 0.15) is 0 Å². The Morgan fingerprint density at radius 2 is 2.21 bits per heavy atom. The molecule has 19 heavy (non-hydrogen) atoms. The number of ether oxygens (including phenoxy) is 1. The number of rotatable bonds is 5. The summed E-state index contributed by atoms with van der Waals surface area (Å²) in [5.74, 6) is -1.82. The lowest BCUT2D eigenvalue weighted by Crippen LogP contribution is -2.58. The van der Waals surface area contributed by atoms with Crippen molar-refractivity contribution in [1.82, 2.24) is 9.80 Å². The van der Waals surface area contributed by atoms with Crippen LogP contribution in [0.2, 0.25) is 0 Å². The van der Waals surface area contributed by atoms with Gasteiger partial charge in [0.25, 0.3) is 0 Å². The molecule has 8 nitrogen and oxygen atoms in total. The first kappa shape index (κ1) is 15.0. The fourth-order valence-corrected chi connectivity index (χ4v) is 1.78. The monoisotopic (exact) mass is 271 g/mol. The molecule has 0 aromatic carbocycles. The van der Waals surface area contributed by atoms with Gasteiger partial charge in [-0.1, -0.05) is 6.08 Å². The molecule has 0 bridgehead atoms. The van der Waals surface area contributed by atoms with Crippen molar-refractivity contribution >= 4 is 17.9 Å². The van der Waals surface area contributed by atoms with Crippen molar-refractivity contribution in [2.45, 2.75) is 6.04 Å². The average molecular weight is 271 g/mol. The third kappa shape index (κ3) is 3.95. The van der Waals surface area contributed by atoms with Crippen LogP contribution in [0.25, 0.3) is 0 Å². The van der Waals surface area contributed by atoms with E-state index in [9.17, 15) is 14.4 Å². The van der Waals surface area contributed by atoms with Crippen LogP contribution in [-0.2, 0) is 14.3 Å². The summed E-state index contributed by atoms with van der Waals surface area (Å²) in [6.07, 6.45) is 1.42. The van der Waals surface area contributed by atoms with Crippen molar-refractivity contribution in [3.8, 4) is 0 Å². The Balaban J connectivity index is 2.83. The van der Waals surface area contributed by atoms with Crippen LogP contribution < -0.4 is 5.73 Å². The topological polar surface area (TPSA) is 113 Å². The first-order chi connectivity index (χ1) is 8.97. The van der Waals surface area contributed by atoms with Crippen molar-refractivity contribution in [2.24, 2.45) is 5.73 Å². The molecule has 0 aromatic heterocycles. The standard InChI is InChI=1S/C11H17N3O5/c1-2-3-13(6-9(15)16)11(18)14-4-5-19-7-8(14)10(12)17/h2,8H,1,3-7H2,(H2,12,17)(H,15,16). The molecule has 0 spiro atoms. The van der Waals surface area contributed by atoms with Crippen LogP contribution in [-0.4, -0.2) is 71.7 Å². The molecule has 1 unspecified atom stereocenters. The molecule has 0 aliphatic carbocycles. The predicted octanol–water partition coefficient (Wildman–Crippen LogP) is -1.13. The lowest BCUT2D eigenvalue weighted by atomic mass is 10.2. The number of nitrogens with two attached hydrogens (primary N) is 1. The van der Waals surface area contributed by atoms with E-state index in [1.54, 1.807) is 0 Å². The highest BCUT2D eigenvalue weighted by Gasteiger charge is 2.34. The molecule has 3 amide bonds. The number of hydrogen-bond acceptors (Lipinski definition) is 4. The molecule has 106 valence electrons. The van der Waals surface area contributed by atoms with Gasteiger partial charge in [-0.2, -0.15) is 0 Å². The SMILES string of the molecule is C=CCN(CC(=O)O)C(=O)N1CCOCC1C(N)=O. The second-order valence-electron chi connectivity index (χ2n) is 4.03. The summed E-state index contributed by atoms with van der Waals surface area (Å²) < 4.78 is 5.09. The number of primary amides is 1. The van der Waals surface area contributed by atoms with Crippen LogP contribution >= 0.6 is 0 Å². The van der Waals surface area contributed by atoms with Gasteiger partial charge in [0.15, 0.2) is 0 Å². The number of urea groups is 1. The van der Waals surface area contributed by atoms with Crippen molar-refractivity contribution in [2.75, 3.05) is 32.8 Å². The fraction of sp³-hybridized carbons (Fsp3) is 0.545. The van der Waals surface area contributed by atoms with Gasteiger partial charge in [-0.3, -0.25) is 9.59 Å². The maximum Gasteiger partial charge on any atom is 0.323 e. The minimum Gasteiger partial charge on any atom is -0.480 e. The van der Waals surface area contributed by atoms with Gasteiger partial charge in [0.2, 0.25) is 5.91 Å². The quantitative estimate of drug-likeness (QED) is 0.614. The highest BCUT2D eigenvalue weighted by Crippen LogP contribution is 2.10. The summed E-state index contributed by atoms with van der Waals surface area (Å²) in [6.45, 7) is 3.58. The van der Waals surface area contributed by atoms with E-state index in [0.717, 1.165) is 4.90 Å². The van der Waals surface area contributed by atoms with E-state index >= 15 is 0 Å². The molecular formula is C11H17N3O5. The second-order valence-corrected chi connectivity index (χ2v) is 4.03. The predicted molar refractivity (Wildman–Crippen MR) is 65.3 cm³/mol. The smallest absolute Gasteiger partial charge is 0.323 e. The lowest BCUT2D eigenvalue weighted by Gasteiger charge is -2.36. The van der Waals surface area contributed by atoms with E-state index in [4.69, 9.17) is 15.6 Å². The first-order valence-electron chi connectivity index (χ1n) is 5.72. The molecule has 8 heteroatoms. The van der Waals surface area contributed by atoms with Gasteiger partial charge in [0.05, 0.1) is 13.2 Å². The molecule has 1 aliphatic heterocycles. The van der Waals surface area contributed by atoms with E-state index in [-0.39, 0.29) is 26.3 Å². The zero-order valence-corrected chi connectivity index (χ0v) is 10.4. The Labute approximate surface area is 110 Å². The molecule has 0 saturated carbocycles. The molecule has 3 N–H and O–H groups in total. The molecule has 1 saturated heterocycles. The second kappa shape index (κ2) is 6.74. The van der Waals surface area contributed by atoms with Gasteiger partial charge in [-0.05, 0) is 0 Å². The van der Waals surface area contributed by atoms with Crippen molar-refractivity contribution in [3.63, 3.8) is 0 Å². The minimum atomic E-state index is -1.14. The Morgan fingerprint density at radius 1 is 1.53 bits per heavy atom. The van der Waals surface area contributed by atoms with Crippen LogP contribution in [0.4, 0.5) is 4.79 Å². The van der Waals surface area contributed by atoms with Crippen LogP contribution in [0.3, 0.4) is 0 Å². The summed E-state index contributed by atoms with van der Waals surface area (Å²) in [5, 5.41) is 8.77. The molecule has 1 rings (SSSR count). The van der Waals surface area contributed by atoms with Gasteiger partial charge in [0.1, 0.15) is 12.6 Å². The molecular weight excluding hydrogens is 254 g/mol. The van der Waals surface area contributed by atoms with Gasteiger partial charge in [-0.15, -0.1) is 6.58 Å². The third-order valence-electron chi connectivity index (χ3n) is 2.65. The Bertz CT molecular complexity index is 385. The Kier molecular flexibility index (Phi) is 5.31. The van der Waals surface area contributed by atoms with Gasteiger partial charge < -0.3 is 25.4 Å². The maximum atomic E-state index is 12.2. The summed E-state index contributed by atoms with van der Waals surface area (Å²) in [4.78, 5) is 36.5. The highest BCUT2D eigenvalue weighted by molar-refractivity contribution is 5.87. The number of carbonyl (C=O) groups is 3. The zero-order valence-electron chi connectivity index (χ0n) is 10.4. The molecule has 1 fully saturated rings. The normalized spacial score (nSPS) is 18.7. The Hall–Kier alpha value is -2.09. The highest BCUT2D eigenvalue weighted by atomic mass is 16.5. The number of carboxylic acids is 1. The fourth-order valence-electron chi connectivity index (χ4n) is 1.78. The van der Waals surface area contributed by atoms with E-state index < -0.39 is 30.5 Å². The first-order valence-corrected chi connectivity index (χ1v) is 5.72. The van der Waals surface area contributed by atoms with Crippen molar-refractivity contribution in [3.05, 3.63) is 12.7 Å². The number of morpholine rings is 1. The largest absolute Gasteiger partial charge is 0.480 e. The van der Waals surface area contributed by atoms with E-state index in [1.807, 2.05) is 0 Å². The maximum absolute atomic E-state index is 12.2. The summed E-state index contributed by atoms with van der Waals surface area (Å²) >= 11 is 0. The number of carbonyl (C=O) groups excluding carboxylic acids is 2. The van der Waals surface area contributed by atoms with Crippen molar-refractivity contribution in [1.29, 1.82) is 0 Å². The van der Waals surface area contributed by atoms with Gasteiger partial charge >= 0.3 is 12.0 Å². The zero-order chi connectivity index (χ0) is 14.4. The minimum absolute atomic E-state index is 0.0239. The van der Waals surface area contributed by atoms with Gasteiger partial charge in [-0.25, -0.2) is 4.79 Å². The van der Waals surface area contributed by atoms with Crippen LogP contribution in [0.5, 0.6) is 0 Å². The third-order valence-corrected chi connectivity index (χ3v) is 2.65. The number of nitrogens with zero attached hydrogens (tertiary/aromatic N) is 2. The summed E-state index contributed by atoms with van der Waals surface area (Å²) in [6, 6.07) is -1.43. The average Bonchev–Trinajstić information content (AvgIpc) is 2.37. The summed E-state index contributed by atoms with van der Waals surface area (Å²) in [5.41, 5.74) is 5.20. The molecule has 0 radical (unpaired) electrons. The molecule has 1 aliphatic rings. The molecule has 1 atom stereocenters. The van der Waals surface area contributed by atoms with Gasteiger partial charge in [0, 0.05) is 13.1 Å². The van der Waals surface area contributed by atoms with Crippen molar-refractivity contribution < 1.29 is 24.2 Å². The van der Waals surface area contributed by atoms with E-state index in [2.05, 4.69) is 6.58 Å². The van der Waals surface area contributed by atoms with E-state index in [0.29, 0.717) is 0 Å². The lowest BCUT2D eigenvalue weighted by molar-refractivity contribution is -0.137. The number of carboxylic acid groups (broad SMARTS) is 1. The summed E-state index contributed by atoms with van der Waals surface area (Å²) in [7, 11) is 0. The van der Waals surface area contributed by atoms with Crippen LogP contribution in [0.15, 0.2) is 12.7 Å². The molecule has 0 aromatic rings. The van der Waals surface area contributed by atoms with E-state index in [1.165, 1.54) is 11.0 Å². The Morgan fingerprint density at radius 3 is 2.74 bits per heavy atom. The molecule has 1 heterocycles. The number of amides is 3.